The van der Waals surface area contributed by atoms with E-state index in [0.29, 0.717) is 6.61 Å². The molecule has 0 radical (unpaired) electrons. The van der Waals surface area contributed by atoms with Crippen molar-refractivity contribution < 1.29 is 4.74 Å². The van der Waals surface area contributed by atoms with Crippen LogP contribution >= 0.6 is 11.6 Å². The summed E-state index contributed by atoms with van der Waals surface area (Å²) >= 11 is 6.58. The molecule has 0 fully saturated rings. The van der Waals surface area contributed by atoms with E-state index in [0.717, 1.165) is 38.5 Å². The molecule has 0 saturated heterocycles. The number of fused-ring (bicyclic) bond motifs is 1. The summed E-state index contributed by atoms with van der Waals surface area (Å²) in [5.41, 5.74) is 5.39. The third-order valence-electron chi connectivity index (χ3n) is 4.28. The Morgan fingerprint density at radius 2 is 1.68 bits per heavy atom. The first-order chi connectivity index (χ1) is 12.2. The molecule has 3 aromatic carbocycles. The molecule has 0 saturated carbocycles. The summed E-state index contributed by atoms with van der Waals surface area (Å²) in [6, 6.07) is 24.4. The molecule has 1 heterocycles. The first-order valence-electron chi connectivity index (χ1n) is 8.26. The fourth-order valence-electron chi connectivity index (χ4n) is 2.93. The summed E-state index contributed by atoms with van der Waals surface area (Å²) in [5.74, 6) is 0.843. The highest BCUT2D eigenvalue weighted by atomic mass is 35.5. The number of ether oxygens (including phenoxy) is 1. The van der Waals surface area contributed by atoms with Gasteiger partial charge in [-0.25, -0.2) is 0 Å². The highest BCUT2D eigenvalue weighted by molar-refractivity contribution is 6.38. The molecular formula is C22H18ClNO. The Kier molecular flexibility index (Phi) is 4.21. The molecule has 2 nitrogen and oxygen atoms in total. The van der Waals surface area contributed by atoms with Gasteiger partial charge in [0.25, 0.3) is 0 Å². The lowest BCUT2D eigenvalue weighted by Crippen LogP contribution is -1.94. The largest absolute Gasteiger partial charge is 0.489 e. The van der Waals surface area contributed by atoms with E-state index in [2.05, 4.69) is 42.2 Å². The normalized spacial score (nSPS) is 11.0. The molecule has 0 atom stereocenters. The van der Waals surface area contributed by atoms with Crippen LogP contribution in [0.5, 0.6) is 5.75 Å². The number of aromatic amines is 1. The summed E-state index contributed by atoms with van der Waals surface area (Å²) in [5, 5.41) is 1.82. The molecule has 0 aliphatic rings. The van der Waals surface area contributed by atoms with Crippen LogP contribution in [0.3, 0.4) is 0 Å². The number of benzene rings is 3. The quantitative estimate of drug-likeness (QED) is 0.455. The third-order valence-corrected chi connectivity index (χ3v) is 4.67. The topological polar surface area (TPSA) is 25.0 Å². The highest BCUT2D eigenvalue weighted by Gasteiger charge is 2.11. The number of aryl methyl sites for hydroxylation is 1. The standard InChI is InChI=1S/C22H18ClNO/c1-15-7-12-20-19(13-15)21(23)22(24-20)17-8-10-18(11-9-17)25-14-16-5-3-2-4-6-16/h2-13,24H,14H2,1H3. The molecule has 1 aromatic heterocycles. The van der Waals surface area contributed by atoms with Crippen molar-refractivity contribution in [1.82, 2.24) is 4.98 Å². The minimum absolute atomic E-state index is 0.562. The number of hydrogen-bond donors (Lipinski definition) is 1. The molecule has 1 N–H and O–H groups in total. The van der Waals surface area contributed by atoms with Gasteiger partial charge in [0.1, 0.15) is 12.4 Å². The maximum Gasteiger partial charge on any atom is 0.119 e. The molecule has 124 valence electrons. The molecule has 0 spiro atoms. The van der Waals surface area contributed by atoms with Crippen LogP contribution in [0.25, 0.3) is 22.2 Å². The molecule has 25 heavy (non-hydrogen) atoms. The van der Waals surface area contributed by atoms with Gasteiger partial charge in [0.2, 0.25) is 0 Å². The van der Waals surface area contributed by atoms with E-state index in [-0.39, 0.29) is 0 Å². The van der Waals surface area contributed by atoms with Gasteiger partial charge in [-0.3, -0.25) is 0 Å². The van der Waals surface area contributed by atoms with Crippen LogP contribution in [0, 0.1) is 6.92 Å². The Balaban J connectivity index is 1.57. The van der Waals surface area contributed by atoms with Gasteiger partial charge in [0.15, 0.2) is 0 Å². The van der Waals surface area contributed by atoms with Crippen LogP contribution in [0.4, 0.5) is 0 Å². The summed E-state index contributed by atoms with van der Waals surface area (Å²) < 4.78 is 5.84. The number of aromatic nitrogens is 1. The van der Waals surface area contributed by atoms with Crippen LogP contribution in [0.15, 0.2) is 72.8 Å². The van der Waals surface area contributed by atoms with E-state index < -0.39 is 0 Å². The fourth-order valence-corrected chi connectivity index (χ4v) is 3.24. The molecule has 3 heteroatoms. The Morgan fingerprint density at radius 1 is 0.920 bits per heavy atom. The lowest BCUT2D eigenvalue weighted by molar-refractivity contribution is 0.306. The third kappa shape index (κ3) is 3.26. The average molecular weight is 348 g/mol. The number of nitrogens with one attached hydrogen (secondary N) is 1. The maximum absolute atomic E-state index is 6.58. The predicted molar refractivity (Wildman–Crippen MR) is 104 cm³/mol. The fraction of sp³-hybridized carbons (Fsp3) is 0.0909. The van der Waals surface area contributed by atoms with E-state index in [1.54, 1.807) is 0 Å². The minimum atomic E-state index is 0.562. The second-order valence-electron chi connectivity index (χ2n) is 6.16. The summed E-state index contributed by atoms with van der Waals surface area (Å²) in [6.07, 6.45) is 0. The summed E-state index contributed by atoms with van der Waals surface area (Å²) in [6.45, 7) is 2.63. The van der Waals surface area contributed by atoms with Crippen molar-refractivity contribution >= 4 is 22.5 Å². The second kappa shape index (κ2) is 6.66. The predicted octanol–water partition coefficient (Wildman–Crippen LogP) is 6.38. The summed E-state index contributed by atoms with van der Waals surface area (Å²) in [7, 11) is 0. The SMILES string of the molecule is Cc1ccc2[nH]c(-c3ccc(OCc4ccccc4)cc3)c(Cl)c2c1. The van der Waals surface area contributed by atoms with Gasteiger partial charge in [0, 0.05) is 10.9 Å². The molecule has 0 amide bonds. The zero-order valence-electron chi connectivity index (χ0n) is 13.9. The van der Waals surface area contributed by atoms with Crippen LogP contribution in [0.2, 0.25) is 5.02 Å². The zero-order chi connectivity index (χ0) is 17.2. The second-order valence-corrected chi connectivity index (χ2v) is 6.54. The highest BCUT2D eigenvalue weighted by Crippen LogP contribution is 2.35. The molecule has 0 aliphatic heterocycles. The molecular weight excluding hydrogens is 330 g/mol. The van der Waals surface area contributed by atoms with E-state index in [9.17, 15) is 0 Å². The van der Waals surface area contributed by atoms with Crippen molar-refractivity contribution in [3.8, 4) is 17.0 Å². The van der Waals surface area contributed by atoms with Gasteiger partial charge < -0.3 is 9.72 Å². The smallest absolute Gasteiger partial charge is 0.119 e. The van der Waals surface area contributed by atoms with Crippen molar-refractivity contribution in [3.63, 3.8) is 0 Å². The molecule has 0 aliphatic carbocycles. The van der Waals surface area contributed by atoms with Crippen LogP contribution in [-0.4, -0.2) is 4.98 Å². The van der Waals surface area contributed by atoms with Gasteiger partial charge in [-0.1, -0.05) is 53.6 Å². The van der Waals surface area contributed by atoms with Gasteiger partial charge in [0.05, 0.1) is 10.7 Å². The van der Waals surface area contributed by atoms with Crippen molar-refractivity contribution in [2.24, 2.45) is 0 Å². The van der Waals surface area contributed by atoms with E-state index in [1.807, 2.05) is 42.5 Å². The first-order valence-corrected chi connectivity index (χ1v) is 8.63. The van der Waals surface area contributed by atoms with E-state index in [4.69, 9.17) is 16.3 Å². The van der Waals surface area contributed by atoms with Crippen molar-refractivity contribution in [3.05, 3.63) is 88.9 Å². The Bertz CT molecular complexity index is 1000. The Morgan fingerprint density at radius 3 is 2.44 bits per heavy atom. The van der Waals surface area contributed by atoms with Crippen LogP contribution in [0.1, 0.15) is 11.1 Å². The monoisotopic (exact) mass is 347 g/mol. The van der Waals surface area contributed by atoms with Gasteiger partial charge in [-0.2, -0.15) is 0 Å². The van der Waals surface area contributed by atoms with E-state index >= 15 is 0 Å². The first kappa shape index (κ1) is 15.8. The van der Waals surface area contributed by atoms with Gasteiger partial charge in [-0.05, 0) is 54.4 Å². The molecule has 4 aromatic rings. The average Bonchev–Trinajstić information content (AvgIpc) is 2.98. The number of rotatable bonds is 4. The molecule has 0 unspecified atom stereocenters. The zero-order valence-corrected chi connectivity index (χ0v) is 14.7. The lowest BCUT2D eigenvalue weighted by Gasteiger charge is -2.07. The van der Waals surface area contributed by atoms with Crippen molar-refractivity contribution in [1.29, 1.82) is 0 Å². The maximum atomic E-state index is 6.58. The number of hydrogen-bond acceptors (Lipinski definition) is 1. The Hall–Kier alpha value is -2.71. The lowest BCUT2D eigenvalue weighted by atomic mass is 10.1. The number of halogens is 1. The molecule has 4 rings (SSSR count). The minimum Gasteiger partial charge on any atom is -0.489 e. The van der Waals surface area contributed by atoms with Gasteiger partial charge in [-0.15, -0.1) is 0 Å². The van der Waals surface area contributed by atoms with E-state index in [1.165, 1.54) is 5.56 Å². The van der Waals surface area contributed by atoms with Crippen molar-refractivity contribution in [2.75, 3.05) is 0 Å². The van der Waals surface area contributed by atoms with Crippen LogP contribution in [-0.2, 0) is 6.61 Å². The Labute approximate surface area is 152 Å². The number of H-pyrrole nitrogens is 1. The summed E-state index contributed by atoms with van der Waals surface area (Å²) in [4.78, 5) is 3.41. The van der Waals surface area contributed by atoms with Crippen molar-refractivity contribution in [2.45, 2.75) is 13.5 Å². The molecule has 0 bridgehead atoms. The van der Waals surface area contributed by atoms with Gasteiger partial charge >= 0.3 is 0 Å². The van der Waals surface area contributed by atoms with Crippen LogP contribution < -0.4 is 4.74 Å².